The van der Waals surface area contributed by atoms with Crippen molar-refractivity contribution in [2.45, 2.75) is 38.4 Å². The molecule has 3 atom stereocenters. The van der Waals surface area contributed by atoms with Crippen molar-refractivity contribution in [1.29, 1.82) is 0 Å². The van der Waals surface area contributed by atoms with Crippen LogP contribution in [0, 0.1) is 5.92 Å². The fourth-order valence-corrected chi connectivity index (χ4v) is 1.56. The fraction of sp³-hybridized carbons (Fsp3) is 0.800. The Bertz CT molecular complexity index is 167. The van der Waals surface area contributed by atoms with Gasteiger partial charge in [-0.05, 0) is 19.8 Å². The molecule has 2 nitrogen and oxygen atoms in total. The Labute approximate surface area is 74.2 Å². The number of aliphatic hydroxyl groups is 1. The molecule has 0 amide bonds. The Kier molecular flexibility index (Phi) is 2.91. The lowest BCUT2D eigenvalue weighted by Crippen LogP contribution is -2.26. The maximum Gasteiger partial charge on any atom is 0.0836 e. The van der Waals surface area contributed by atoms with E-state index in [9.17, 15) is 0 Å². The molecule has 0 unspecified atom stereocenters. The largest absolute Gasteiger partial charge is 0.396 e. The summed E-state index contributed by atoms with van der Waals surface area (Å²) in [7, 11) is 0. The fourth-order valence-electron chi connectivity index (χ4n) is 1.56. The van der Waals surface area contributed by atoms with Gasteiger partial charge < -0.3 is 9.84 Å². The Morgan fingerprint density at radius 3 is 2.92 bits per heavy atom. The zero-order chi connectivity index (χ0) is 9.19. The van der Waals surface area contributed by atoms with Crippen molar-refractivity contribution in [1.82, 2.24) is 0 Å². The predicted octanol–water partition coefficient (Wildman–Crippen LogP) is 1.74. The standard InChI is InChI=1S/C10H18O2/c1-4-10(3)6-5-9(12-10)8(2)7-11/h4,8-9,11H,1,5-7H2,2-3H3/t8-,9+,10-/m1/s1. The van der Waals surface area contributed by atoms with E-state index >= 15 is 0 Å². The van der Waals surface area contributed by atoms with Crippen molar-refractivity contribution in [3.05, 3.63) is 12.7 Å². The summed E-state index contributed by atoms with van der Waals surface area (Å²) in [4.78, 5) is 0. The van der Waals surface area contributed by atoms with Gasteiger partial charge in [0.1, 0.15) is 0 Å². The van der Waals surface area contributed by atoms with Crippen molar-refractivity contribution < 1.29 is 9.84 Å². The van der Waals surface area contributed by atoms with Gasteiger partial charge in [-0.25, -0.2) is 0 Å². The summed E-state index contributed by atoms with van der Waals surface area (Å²) in [5.41, 5.74) is -0.159. The summed E-state index contributed by atoms with van der Waals surface area (Å²) in [6, 6.07) is 0. The van der Waals surface area contributed by atoms with Gasteiger partial charge in [0.05, 0.1) is 11.7 Å². The zero-order valence-electron chi connectivity index (χ0n) is 7.92. The van der Waals surface area contributed by atoms with Gasteiger partial charge in [0.15, 0.2) is 0 Å². The molecule has 0 aromatic heterocycles. The number of ether oxygens (including phenoxy) is 1. The Hall–Kier alpha value is -0.340. The second-order valence-corrected chi connectivity index (χ2v) is 3.87. The number of rotatable bonds is 3. The average molecular weight is 170 g/mol. The van der Waals surface area contributed by atoms with E-state index in [1.807, 2.05) is 19.9 Å². The number of hydrogen-bond acceptors (Lipinski definition) is 2. The molecule has 1 heterocycles. The molecule has 1 fully saturated rings. The van der Waals surface area contributed by atoms with Gasteiger partial charge in [0.2, 0.25) is 0 Å². The third-order valence-electron chi connectivity index (χ3n) is 2.70. The smallest absolute Gasteiger partial charge is 0.0836 e. The van der Waals surface area contributed by atoms with Crippen LogP contribution in [0.3, 0.4) is 0 Å². The zero-order valence-corrected chi connectivity index (χ0v) is 7.92. The van der Waals surface area contributed by atoms with Crippen molar-refractivity contribution >= 4 is 0 Å². The minimum absolute atomic E-state index is 0.159. The molecule has 1 rings (SSSR count). The summed E-state index contributed by atoms with van der Waals surface area (Å²) >= 11 is 0. The highest BCUT2D eigenvalue weighted by Gasteiger charge is 2.35. The highest BCUT2D eigenvalue weighted by Crippen LogP contribution is 2.33. The average Bonchev–Trinajstić information content (AvgIpc) is 2.48. The molecule has 0 saturated carbocycles. The number of aliphatic hydroxyl groups excluding tert-OH is 1. The molecule has 70 valence electrons. The van der Waals surface area contributed by atoms with Crippen LogP contribution >= 0.6 is 0 Å². The van der Waals surface area contributed by atoms with Crippen LogP contribution in [0.4, 0.5) is 0 Å². The van der Waals surface area contributed by atoms with Crippen LogP contribution in [0.1, 0.15) is 26.7 Å². The van der Waals surface area contributed by atoms with Crippen LogP contribution in [0.5, 0.6) is 0 Å². The molecular formula is C10H18O2. The summed E-state index contributed by atoms with van der Waals surface area (Å²) in [6.45, 7) is 8.01. The van der Waals surface area contributed by atoms with Gasteiger partial charge in [0, 0.05) is 12.5 Å². The Balaban J connectivity index is 2.50. The van der Waals surface area contributed by atoms with Gasteiger partial charge in [-0.2, -0.15) is 0 Å². The normalized spacial score (nSPS) is 38.1. The van der Waals surface area contributed by atoms with E-state index in [0.717, 1.165) is 12.8 Å². The first-order chi connectivity index (χ1) is 5.61. The molecule has 0 radical (unpaired) electrons. The molecule has 1 saturated heterocycles. The highest BCUT2D eigenvalue weighted by molar-refractivity contribution is 4.99. The monoisotopic (exact) mass is 170 g/mol. The SMILES string of the molecule is C=C[C@]1(C)CC[C@@H]([C@H](C)CO)O1. The van der Waals surface area contributed by atoms with Gasteiger partial charge in [-0.1, -0.05) is 13.0 Å². The first-order valence-corrected chi connectivity index (χ1v) is 4.53. The van der Waals surface area contributed by atoms with E-state index in [1.54, 1.807) is 0 Å². The van der Waals surface area contributed by atoms with Gasteiger partial charge in [-0.15, -0.1) is 6.58 Å². The second kappa shape index (κ2) is 3.58. The Morgan fingerprint density at radius 2 is 2.50 bits per heavy atom. The molecule has 1 aliphatic rings. The second-order valence-electron chi connectivity index (χ2n) is 3.87. The molecule has 0 spiro atoms. The van der Waals surface area contributed by atoms with Gasteiger partial charge in [0.25, 0.3) is 0 Å². The summed E-state index contributed by atoms with van der Waals surface area (Å²) < 4.78 is 5.77. The van der Waals surface area contributed by atoms with E-state index in [2.05, 4.69) is 6.58 Å². The lowest BCUT2D eigenvalue weighted by atomic mass is 9.99. The maximum atomic E-state index is 8.93. The molecule has 0 aromatic carbocycles. The van der Waals surface area contributed by atoms with Crippen LogP contribution in [-0.4, -0.2) is 23.4 Å². The van der Waals surface area contributed by atoms with Crippen molar-refractivity contribution in [2.24, 2.45) is 5.92 Å². The van der Waals surface area contributed by atoms with E-state index < -0.39 is 0 Å². The molecule has 1 aliphatic heterocycles. The third kappa shape index (κ3) is 1.87. The first kappa shape index (κ1) is 9.75. The minimum Gasteiger partial charge on any atom is -0.396 e. The van der Waals surface area contributed by atoms with E-state index in [4.69, 9.17) is 9.84 Å². The van der Waals surface area contributed by atoms with Crippen LogP contribution in [-0.2, 0) is 4.74 Å². The molecule has 1 N–H and O–H groups in total. The Morgan fingerprint density at radius 1 is 1.83 bits per heavy atom. The quantitative estimate of drug-likeness (QED) is 0.654. The maximum absolute atomic E-state index is 8.93. The first-order valence-electron chi connectivity index (χ1n) is 4.53. The van der Waals surface area contributed by atoms with Crippen LogP contribution in [0.25, 0.3) is 0 Å². The van der Waals surface area contributed by atoms with Crippen LogP contribution in [0.15, 0.2) is 12.7 Å². The summed E-state index contributed by atoms with van der Waals surface area (Å²) in [6.07, 6.45) is 4.12. The topological polar surface area (TPSA) is 29.5 Å². The highest BCUT2D eigenvalue weighted by atomic mass is 16.5. The molecule has 0 aromatic rings. The van der Waals surface area contributed by atoms with Crippen LogP contribution in [0.2, 0.25) is 0 Å². The molecule has 0 aliphatic carbocycles. The van der Waals surface area contributed by atoms with E-state index in [-0.39, 0.29) is 24.2 Å². The third-order valence-corrected chi connectivity index (χ3v) is 2.70. The molecule has 0 bridgehead atoms. The summed E-state index contributed by atoms with van der Waals surface area (Å²) in [5, 5.41) is 8.93. The van der Waals surface area contributed by atoms with Crippen molar-refractivity contribution in [3.63, 3.8) is 0 Å². The minimum atomic E-state index is -0.159. The van der Waals surface area contributed by atoms with Gasteiger partial charge >= 0.3 is 0 Å². The van der Waals surface area contributed by atoms with Crippen LogP contribution < -0.4 is 0 Å². The van der Waals surface area contributed by atoms with E-state index in [0.29, 0.717) is 0 Å². The van der Waals surface area contributed by atoms with Crippen molar-refractivity contribution in [3.8, 4) is 0 Å². The molecular weight excluding hydrogens is 152 g/mol. The predicted molar refractivity (Wildman–Crippen MR) is 49.0 cm³/mol. The molecule has 2 heteroatoms. The molecule has 12 heavy (non-hydrogen) atoms. The lowest BCUT2D eigenvalue weighted by molar-refractivity contribution is -0.0305. The number of hydrogen-bond donors (Lipinski definition) is 1. The summed E-state index contributed by atoms with van der Waals surface area (Å²) in [5.74, 6) is 0.242. The van der Waals surface area contributed by atoms with E-state index in [1.165, 1.54) is 0 Å². The van der Waals surface area contributed by atoms with Crippen molar-refractivity contribution in [2.75, 3.05) is 6.61 Å². The lowest BCUT2D eigenvalue weighted by Gasteiger charge is -2.23. The van der Waals surface area contributed by atoms with Gasteiger partial charge in [-0.3, -0.25) is 0 Å².